The highest BCUT2D eigenvalue weighted by Crippen LogP contribution is 2.37. The predicted octanol–water partition coefficient (Wildman–Crippen LogP) is 7.22. The third-order valence-corrected chi connectivity index (χ3v) is 6.18. The molecule has 0 radical (unpaired) electrons. The van der Waals surface area contributed by atoms with Crippen molar-refractivity contribution < 1.29 is 26.3 Å². The SMILES string of the molecule is CCCCN(CCCC)[C@@H]1CCCC[C@H]1NC(=S)Nc1cc(C(F)(F)F)cc(C(F)(F)F)c1. The van der Waals surface area contributed by atoms with Gasteiger partial charge in [-0.3, -0.25) is 4.90 Å². The molecule has 1 aliphatic rings. The number of nitrogens with one attached hydrogen (secondary N) is 2. The van der Waals surface area contributed by atoms with Gasteiger partial charge in [-0.05, 0) is 69.2 Å². The molecular weight excluding hydrogens is 464 g/mol. The Morgan fingerprint density at radius 3 is 1.91 bits per heavy atom. The van der Waals surface area contributed by atoms with Gasteiger partial charge in [0.25, 0.3) is 0 Å². The van der Waals surface area contributed by atoms with E-state index in [1.807, 2.05) is 0 Å². The van der Waals surface area contributed by atoms with E-state index < -0.39 is 23.5 Å². The van der Waals surface area contributed by atoms with Gasteiger partial charge in [0, 0.05) is 17.8 Å². The first-order chi connectivity index (χ1) is 15.5. The predicted molar refractivity (Wildman–Crippen MR) is 123 cm³/mol. The van der Waals surface area contributed by atoms with Crippen LogP contribution in [-0.2, 0) is 12.4 Å². The van der Waals surface area contributed by atoms with Crippen LogP contribution < -0.4 is 10.6 Å². The first-order valence-electron chi connectivity index (χ1n) is 11.6. The first kappa shape index (κ1) is 27.7. The Bertz CT molecular complexity index is 725. The summed E-state index contributed by atoms with van der Waals surface area (Å²) < 4.78 is 78.8. The van der Waals surface area contributed by atoms with Crippen molar-refractivity contribution in [1.82, 2.24) is 10.2 Å². The maximum atomic E-state index is 13.1. The highest BCUT2D eigenvalue weighted by molar-refractivity contribution is 7.80. The molecule has 0 heterocycles. The molecule has 2 atom stereocenters. The molecule has 0 spiro atoms. The van der Waals surface area contributed by atoms with Gasteiger partial charge in [-0.25, -0.2) is 0 Å². The molecule has 0 aliphatic heterocycles. The van der Waals surface area contributed by atoms with E-state index in [4.69, 9.17) is 12.2 Å². The minimum atomic E-state index is -4.90. The molecule has 1 fully saturated rings. The number of halogens is 6. The maximum absolute atomic E-state index is 13.1. The van der Waals surface area contributed by atoms with Crippen LogP contribution in [0.1, 0.15) is 76.3 Å². The lowest BCUT2D eigenvalue weighted by molar-refractivity contribution is -0.143. The second-order valence-electron chi connectivity index (χ2n) is 8.59. The Hall–Kier alpha value is -1.55. The highest BCUT2D eigenvalue weighted by atomic mass is 32.1. The molecule has 0 unspecified atom stereocenters. The molecule has 1 aromatic carbocycles. The van der Waals surface area contributed by atoms with Crippen molar-refractivity contribution in [3.8, 4) is 0 Å². The molecule has 1 aromatic rings. The van der Waals surface area contributed by atoms with Gasteiger partial charge >= 0.3 is 12.4 Å². The van der Waals surface area contributed by atoms with Crippen molar-refractivity contribution in [2.24, 2.45) is 0 Å². The van der Waals surface area contributed by atoms with Gasteiger partial charge < -0.3 is 10.6 Å². The number of nitrogens with zero attached hydrogens (tertiary/aromatic N) is 1. The molecule has 3 nitrogen and oxygen atoms in total. The van der Waals surface area contributed by atoms with Crippen LogP contribution in [0.2, 0.25) is 0 Å². The number of unbranched alkanes of at least 4 members (excludes halogenated alkanes) is 2. The van der Waals surface area contributed by atoms with Crippen molar-refractivity contribution >= 4 is 23.0 Å². The quantitative estimate of drug-likeness (QED) is 0.278. The van der Waals surface area contributed by atoms with Crippen molar-refractivity contribution in [3.63, 3.8) is 0 Å². The number of anilines is 1. The second kappa shape index (κ2) is 12.2. The lowest BCUT2D eigenvalue weighted by Gasteiger charge is -2.41. The summed E-state index contributed by atoms with van der Waals surface area (Å²) in [6.07, 6.45) is -1.61. The van der Waals surface area contributed by atoms with Crippen LogP contribution in [0.15, 0.2) is 18.2 Å². The number of rotatable bonds is 9. The Morgan fingerprint density at radius 1 is 0.909 bits per heavy atom. The average Bonchev–Trinajstić information content (AvgIpc) is 2.73. The van der Waals surface area contributed by atoms with E-state index in [0.717, 1.165) is 64.5 Å². The minimum absolute atomic E-state index is 0.0136. The summed E-state index contributed by atoms with van der Waals surface area (Å²) in [5.74, 6) is 0. The molecule has 188 valence electrons. The monoisotopic (exact) mass is 497 g/mol. The number of benzene rings is 1. The average molecular weight is 498 g/mol. The number of thiocarbonyl (C=S) groups is 1. The van der Waals surface area contributed by atoms with Crippen LogP contribution in [0.3, 0.4) is 0 Å². The zero-order chi connectivity index (χ0) is 24.6. The summed E-state index contributed by atoms with van der Waals surface area (Å²) in [6.45, 7) is 6.19. The molecule has 0 amide bonds. The summed E-state index contributed by atoms with van der Waals surface area (Å²) in [5, 5.41) is 5.78. The van der Waals surface area contributed by atoms with E-state index in [-0.39, 0.29) is 28.9 Å². The normalized spacial score (nSPS) is 19.5. The van der Waals surface area contributed by atoms with Crippen molar-refractivity contribution in [2.75, 3.05) is 18.4 Å². The summed E-state index contributed by atoms with van der Waals surface area (Å²) >= 11 is 5.30. The lowest BCUT2D eigenvalue weighted by Crippen LogP contribution is -2.54. The highest BCUT2D eigenvalue weighted by Gasteiger charge is 2.37. The van der Waals surface area contributed by atoms with Gasteiger partial charge in [-0.1, -0.05) is 39.5 Å². The molecule has 2 rings (SSSR count). The van der Waals surface area contributed by atoms with Gasteiger partial charge in [-0.15, -0.1) is 0 Å². The van der Waals surface area contributed by atoms with Crippen LogP contribution in [-0.4, -0.2) is 35.2 Å². The van der Waals surface area contributed by atoms with E-state index in [2.05, 4.69) is 29.4 Å². The smallest absolute Gasteiger partial charge is 0.358 e. The summed E-state index contributed by atoms with van der Waals surface area (Å²) in [4.78, 5) is 2.46. The Labute approximate surface area is 197 Å². The van der Waals surface area contributed by atoms with Gasteiger partial charge in [0.05, 0.1) is 11.1 Å². The second-order valence-corrected chi connectivity index (χ2v) is 9.00. The zero-order valence-corrected chi connectivity index (χ0v) is 19.9. The van der Waals surface area contributed by atoms with Gasteiger partial charge in [0.1, 0.15) is 0 Å². The van der Waals surface area contributed by atoms with E-state index in [1.54, 1.807) is 0 Å². The fraction of sp³-hybridized carbons (Fsp3) is 0.696. The van der Waals surface area contributed by atoms with Crippen LogP contribution in [0, 0.1) is 0 Å². The van der Waals surface area contributed by atoms with Crippen molar-refractivity contribution in [2.45, 2.75) is 89.7 Å². The van der Waals surface area contributed by atoms with E-state index in [1.165, 1.54) is 0 Å². The van der Waals surface area contributed by atoms with Gasteiger partial charge in [0.2, 0.25) is 0 Å². The molecule has 1 saturated carbocycles. The van der Waals surface area contributed by atoms with Gasteiger partial charge in [-0.2, -0.15) is 26.3 Å². The lowest BCUT2D eigenvalue weighted by atomic mass is 9.88. The van der Waals surface area contributed by atoms with Crippen LogP contribution in [0.4, 0.5) is 32.0 Å². The molecule has 10 heteroatoms. The molecule has 2 N–H and O–H groups in total. The molecule has 0 aromatic heterocycles. The van der Waals surface area contributed by atoms with Crippen molar-refractivity contribution in [3.05, 3.63) is 29.3 Å². The molecule has 33 heavy (non-hydrogen) atoms. The van der Waals surface area contributed by atoms with E-state index >= 15 is 0 Å². The minimum Gasteiger partial charge on any atom is -0.358 e. The molecular formula is C23H33F6N3S. The standard InChI is InChI=1S/C23H33F6N3S/c1-3-5-11-32(12-6-4-2)20-10-8-7-9-19(20)31-21(33)30-18-14-16(22(24,25)26)13-17(15-18)23(27,28)29/h13-15,19-20H,3-12H2,1-2H3,(H2,30,31,33)/t19-,20-/m1/s1. The first-order valence-corrected chi connectivity index (χ1v) is 12.0. The molecule has 1 aliphatic carbocycles. The largest absolute Gasteiger partial charge is 0.416 e. The summed E-state index contributed by atoms with van der Waals surface area (Å²) in [5.41, 5.74) is -3.08. The van der Waals surface area contributed by atoms with Crippen LogP contribution in [0.5, 0.6) is 0 Å². The third-order valence-electron chi connectivity index (χ3n) is 5.96. The molecule has 0 saturated heterocycles. The third kappa shape index (κ3) is 8.63. The topological polar surface area (TPSA) is 27.3 Å². The van der Waals surface area contributed by atoms with E-state index in [0.29, 0.717) is 12.1 Å². The Kier molecular flexibility index (Phi) is 10.3. The summed E-state index contributed by atoms with van der Waals surface area (Å²) in [7, 11) is 0. The maximum Gasteiger partial charge on any atom is 0.416 e. The van der Waals surface area contributed by atoms with Gasteiger partial charge in [0.15, 0.2) is 5.11 Å². The number of hydrogen-bond acceptors (Lipinski definition) is 2. The van der Waals surface area contributed by atoms with Crippen LogP contribution in [0.25, 0.3) is 0 Å². The fourth-order valence-electron chi connectivity index (χ4n) is 4.25. The Morgan fingerprint density at radius 2 is 1.42 bits per heavy atom. The summed E-state index contributed by atoms with van der Waals surface area (Å²) in [6, 6.07) is 1.62. The Balaban J connectivity index is 2.17. The number of alkyl halides is 6. The van der Waals surface area contributed by atoms with Crippen molar-refractivity contribution in [1.29, 1.82) is 0 Å². The fourth-order valence-corrected chi connectivity index (χ4v) is 4.51. The van der Waals surface area contributed by atoms with Crippen LogP contribution >= 0.6 is 12.2 Å². The number of hydrogen-bond donors (Lipinski definition) is 2. The van der Waals surface area contributed by atoms with E-state index in [9.17, 15) is 26.3 Å². The molecule has 0 bridgehead atoms. The zero-order valence-electron chi connectivity index (χ0n) is 19.1.